The van der Waals surface area contributed by atoms with Gasteiger partial charge in [0.05, 0.1) is 32.9 Å². The van der Waals surface area contributed by atoms with Crippen LogP contribution in [0.2, 0.25) is 0 Å². The Morgan fingerprint density at radius 1 is 0.889 bits per heavy atom. The highest BCUT2D eigenvalue weighted by Crippen LogP contribution is 2.38. The fourth-order valence-electron chi connectivity index (χ4n) is 4.97. The van der Waals surface area contributed by atoms with Crippen LogP contribution in [0.1, 0.15) is 34.5 Å². The maximum absolute atomic E-state index is 14.0. The van der Waals surface area contributed by atoms with Crippen molar-refractivity contribution in [3.8, 4) is 22.9 Å². The number of amides is 1. The zero-order valence-electron chi connectivity index (χ0n) is 20.8. The van der Waals surface area contributed by atoms with E-state index in [-0.39, 0.29) is 17.5 Å². The third kappa shape index (κ3) is 3.86. The number of hydrogen-bond donors (Lipinski definition) is 0. The Bertz CT molecular complexity index is 1510. The average molecular weight is 485 g/mol. The van der Waals surface area contributed by atoms with E-state index in [2.05, 4.69) is 0 Å². The summed E-state index contributed by atoms with van der Waals surface area (Å²) in [5.41, 5.74) is 3.13. The Kier molecular flexibility index (Phi) is 6.14. The summed E-state index contributed by atoms with van der Waals surface area (Å²) in [7, 11) is 4.82. The molecule has 0 fully saturated rings. The molecule has 184 valence electrons. The molecule has 1 aliphatic heterocycles. The molecule has 1 atom stereocenters. The van der Waals surface area contributed by atoms with Crippen LogP contribution < -0.4 is 19.8 Å². The van der Waals surface area contributed by atoms with Crippen LogP contribution in [-0.4, -0.2) is 43.2 Å². The first kappa shape index (κ1) is 23.5. The molecule has 1 amide bonds. The van der Waals surface area contributed by atoms with Crippen LogP contribution in [0.4, 0.5) is 0 Å². The third-order valence-electron chi connectivity index (χ3n) is 6.95. The van der Waals surface area contributed by atoms with Crippen LogP contribution in [0.25, 0.3) is 16.5 Å². The molecule has 0 spiro atoms. The van der Waals surface area contributed by atoms with Crippen molar-refractivity contribution in [2.75, 3.05) is 27.9 Å². The Morgan fingerprint density at radius 2 is 1.56 bits per heavy atom. The molecule has 0 radical (unpaired) electrons. The van der Waals surface area contributed by atoms with Gasteiger partial charge in [-0.2, -0.15) is 0 Å². The first-order chi connectivity index (χ1) is 17.5. The lowest BCUT2D eigenvalue weighted by Gasteiger charge is -2.36. The Labute approximate surface area is 209 Å². The van der Waals surface area contributed by atoms with Crippen LogP contribution in [-0.2, 0) is 6.42 Å². The topological polar surface area (TPSA) is 70.0 Å². The maximum Gasteiger partial charge on any atom is 0.262 e. The number of fused-ring (bicyclic) bond motifs is 2. The second-order valence-electron chi connectivity index (χ2n) is 8.79. The zero-order chi connectivity index (χ0) is 25.4. The average Bonchev–Trinajstić information content (AvgIpc) is 2.92. The normalized spacial score (nSPS) is 14.9. The molecule has 1 aromatic heterocycles. The minimum Gasteiger partial charge on any atom is -0.497 e. The van der Waals surface area contributed by atoms with E-state index in [9.17, 15) is 9.59 Å². The van der Waals surface area contributed by atoms with Gasteiger partial charge >= 0.3 is 0 Å². The number of hydrogen-bond acceptors (Lipinski definition) is 5. The van der Waals surface area contributed by atoms with E-state index in [1.807, 2.05) is 54.3 Å². The largest absolute Gasteiger partial charge is 0.497 e. The molecular weight excluding hydrogens is 456 g/mol. The molecule has 0 unspecified atom stereocenters. The third-order valence-corrected chi connectivity index (χ3v) is 6.95. The monoisotopic (exact) mass is 484 g/mol. The Hall–Kier alpha value is -4.26. The van der Waals surface area contributed by atoms with Gasteiger partial charge in [0.2, 0.25) is 0 Å². The van der Waals surface area contributed by atoms with Crippen LogP contribution >= 0.6 is 0 Å². The number of carbonyl (C=O) groups is 1. The molecule has 4 aromatic rings. The highest BCUT2D eigenvalue weighted by molar-refractivity contribution is 6.07. The highest BCUT2D eigenvalue weighted by Gasteiger charge is 2.31. The van der Waals surface area contributed by atoms with Gasteiger partial charge in [-0.25, -0.2) is 0 Å². The molecule has 0 saturated heterocycles. The summed E-state index contributed by atoms with van der Waals surface area (Å²) in [5.74, 6) is 1.88. The van der Waals surface area contributed by atoms with E-state index in [4.69, 9.17) is 14.2 Å². The SMILES string of the molecule is COc1ccc(-n2cc(C(=O)N3CCc4cc(OC)c(OC)cc4[C@H]3C)c3ccccc3c2=O)cc1. The minimum absolute atomic E-state index is 0.124. The molecule has 0 bridgehead atoms. The van der Waals surface area contributed by atoms with Crippen molar-refractivity contribution in [1.29, 1.82) is 0 Å². The number of carbonyl (C=O) groups excluding carboxylic acids is 1. The number of pyridine rings is 1. The van der Waals surface area contributed by atoms with Gasteiger partial charge in [-0.1, -0.05) is 18.2 Å². The molecule has 0 N–H and O–H groups in total. The molecule has 2 heterocycles. The summed E-state index contributed by atoms with van der Waals surface area (Å²) >= 11 is 0. The highest BCUT2D eigenvalue weighted by atomic mass is 16.5. The van der Waals surface area contributed by atoms with Crippen molar-refractivity contribution in [3.05, 3.63) is 93.9 Å². The molecule has 0 saturated carbocycles. The van der Waals surface area contributed by atoms with Gasteiger partial charge in [-0.3, -0.25) is 14.2 Å². The van der Waals surface area contributed by atoms with Crippen LogP contribution in [0, 0.1) is 0 Å². The second kappa shape index (κ2) is 9.41. The first-order valence-corrected chi connectivity index (χ1v) is 11.8. The smallest absolute Gasteiger partial charge is 0.262 e. The summed E-state index contributed by atoms with van der Waals surface area (Å²) in [6.45, 7) is 2.57. The standard InChI is InChI=1S/C29H28N2O5/c1-18-24-16-27(36-4)26(35-3)15-19(24)13-14-30(18)29(33)25-17-31(20-9-11-21(34-2)12-10-20)28(32)23-8-6-5-7-22(23)25/h5-12,15-18H,13-14H2,1-4H3/t18-/m1/s1. The maximum atomic E-state index is 14.0. The van der Waals surface area contributed by atoms with Crippen LogP contribution in [0.5, 0.6) is 17.2 Å². The van der Waals surface area contributed by atoms with E-state index in [1.54, 1.807) is 45.7 Å². The number of aromatic nitrogens is 1. The fraction of sp³-hybridized carbons (Fsp3) is 0.241. The van der Waals surface area contributed by atoms with Gasteiger partial charge in [0.15, 0.2) is 11.5 Å². The Morgan fingerprint density at radius 3 is 2.22 bits per heavy atom. The van der Waals surface area contributed by atoms with Gasteiger partial charge in [-0.15, -0.1) is 0 Å². The molecule has 7 heteroatoms. The quantitative estimate of drug-likeness (QED) is 0.408. The lowest BCUT2D eigenvalue weighted by atomic mass is 9.92. The van der Waals surface area contributed by atoms with E-state index in [0.29, 0.717) is 52.2 Å². The summed E-state index contributed by atoms with van der Waals surface area (Å²) in [6, 6.07) is 18.2. The lowest BCUT2D eigenvalue weighted by molar-refractivity contribution is 0.0678. The minimum atomic E-state index is -0.179. The van der Waals surface area contributed by atoms with E-state index in [0.717, 1.165) is 11.1 Å². The number of benzene rings is 3. The number of nitrogens with zero attached hydrogens (tertiary/aromatic N) is 2. The summed E-state index contributed by atoms with van der Waals surface area (Å²) in [5, 5.41) is 1.14. The number of ether oxygens (including phenoxy) is 3. The molecule has 5 rings (SSSR count). The predicted octanol–water partition coefficient (Wildman–Crippen LogP) is 4.78. The van der Waals surface area contributed by atoms with Crippen LogP contribution in [0.15, 0.2) is 71.7 Å². The summed E-state index contributed by atoms with van der Waals surface area (Å²) in [4.78, 5) is 29.3. The Balaban J connectivity index is 1.61. The first-order valence-electron chi connectivity index (χ1n) is 11.8. The number of methoxy groups -OCH3 is 3. The van der Waals surface area contributed by atoms with Crippen molar-refractivity contribution in [2.24, 2.45) is 0 Å². The van der Waals surface area contributed by atoms with E-state index < -0.39 is 0 Å². The van der Waals surface area contributed by atoms with Gasteiger partial charge in [0.25, 0.3) is 11.5 Å². The fourth-order valence-corrected chi connectivity index (χ4v) is 4.97. The summed E-state index contributed by atoms with van der Waals surface area (Å²) < 4.78 is 17.8. The molecule has 36 heavy (non-hydrogen) atoms. The predicted molar refractivity (Wildman–Crippen MR) is 139 cm³/mol. The molecular formula is C29H28N2O5. The van der Waals surface area contributed by atoms with Crippen molar-refractivity contribution < 1.29 is 19.0 Å². The number of rotatable bonds is 5. The van der Waals surface area contributed by atoms with Gasteiger partial charge in [0.1, 0.15) is 5.75 Å². The zero-order valence-corrected chi connectivity index (χ0v) is 20.8. The van der Waals surface area contributed by atoms with Crippen LogP contribution in [0.3, 0.4) is 0 Å². The van der Waals surface area contributed by atoms with E-state index >= 15 is 0 Å². The second-order valence-corrected chi connectivity index (χ2v) is 8.79. The molecule has 7 nitrogen and oxygen atoms in total. The molecule has 1 aliphatic rings. The van der Waals surface area contributed by atoms with Gasteiger partial charge in [-0.05, 0) is 66.9 Å². The van der Waals surface area contributed by atoms with Crippen molar-refractivity contribution in [1.82, 2.24) is 9.47 Å². The molecule has 3 aromatic carbocycles. The van der Waals surface area contributed by atoms with Crippen molar-refractivity contribution in [2.45, 2.75) is 19.4 Å². The molecule has 0 aliphatic carbocycles. The summed E-state index contributed by atoms with van der Waals surface area (Å²) in [6.07, 6.45) is 2.35. The lowest BCUT2D eigenvalue weighted by Crippen LogP contribution is -2.39. The van der Waals surface area contributed by atoms with E-state index in [1.165, 1.54) is 4.57 Å². The van der Waals surface area contributed by atoms with Gasteiger partial charge < -0.3 is 19.1 Å². The van der Waals surface area contributed by atoms with Crippen molar-refractivity contribution >= 4 is 16.7 Å². The van der Waals surface area contributed by atoms with Gasteiger partial charge in [0, 0.05) is 29.2 Å². The van der Waals surface area contributed by atoms with Crippen molar-refractivity contribution in [3.63, 3.8) is 0 Å².